The third-order valence-electron chi connectivity index (χ3n) is 7.92. The van der Waals surface area contributed by atoms with E-state index < -0.39 is 0 Å². The van der Waals surface area contributed by atoms with Crippen LogP contribution in [0.15, 0.2) is 78.9 Å². The van der Waals surface area contributed by atoms with E-state index in [-0.39, 0.29) is 0 Å². The van der Waals surface area contributed by atoms with Gasteiger partial charge in [-0.15, -0.1) is 11.3 Å². The van der Waals surface area contributed by atoms with E-state index in [0.717, 1.165) is 31.9 Å². The van der Waals surface area contributed by atoms with Crippen molar-refractivity contribution in [3.63, 3.8) is 0 Å². The molecule has 0 saturated carbocycles. The maximum atomic E-state index is 6.07. The minimum atomic E-state index is 0.761. The summed E-state index contributed by atoms with van der Waals surface area (Å²) in [6.07, 6.45) is 10.9. The molecule has 0 bridgehead atoms. The number of benzene rings is 3. The fraction of sp³-hybridized carbons (Fsp3) is 0.353. The molecular formula is C34H38N2OS. The second-order valence-corrected chi connectivity index (χ2v) is 11.7. The molecule has 0 unspecified atom stereocenters. The van der Waals surface area contributed by atoms with Crippen molar-refractivity contribution in [2.45, 2.75) is 32.1 Å². The number of rotatable bonds is 10. The molecular weight excluding hydrogens is 484 g/mol. The number of ether oxygens (including phenoxy) is 1. The van der Waals surface area contributed by atoms with Gasteiger partial charge in [-0.3, -0.25) is 9.80 Å². The molecule has 1 aromatic heterocycles. The summed E-state index contributed by atoms with van der Waals surface area (Å²) in [5.41, 5.74) is 5.33. The molecule has 0 amide bonds. The van der Waals surface area contributed by atoms with Gasteiger partial charge in [0.25, 0.3) is 0 Å². The van der Waals surface area contributed by atoms with E-state index in [9.17, 15) is 0 Å². The molecule has 0 N–H and O–H groups in total. The molecule has 3 aromatic carbocycles. The molecule has 2 fully saturated rings. The minimum absolute atomic E-state index is 0.761. The average Bonchev–Trinajstić information content (AvgIpc) is 3.73. The third kappa shape index (κ3) is 6.20. The molecule has 2 aliphatic rings. The Hall–Kier alpha value is -2.92. The van der Waals surface area contributed by atoms with Gasteiger partial charge in [0.1, 0.15) is 12.4 Å². The molecule has 2 aliphatic heterocycles. The molecule has 38 heavy (non-hydrogen) atoms. The Labute approximate surface area is 231 Å². The Morgan fingerprint density at radius 2 is 1.47 bits per heavy atom. The lowest BCUT2D eigenvalue weighted by atomic mass is 9.98. The molecule has 0 spiro atoms. The van der Waals surface area contributed by atoms with E-state index in [0.29, 0.717) is 0 Å². The molecule has 3 heterocycles. The van der Waals surface area contributed by atoms with Gasteiger partial charge in [0.05, 0.1) is 0 Å². The Kier molecular flexibility index (Phi) is 8.20. The highest BCUT2D eigenvalue weighted by molar-refractivity contribution is 7.22. The summed E-state index contributed by atoms with van der Waals surface area (Å²) in [5, 5.41) is 1.37. The van der Waals surface area contributed by atoms with E-state index in [4.69, 9.17) is 4.74 Å². The van der Waals surface area contributed by atoms with Crippen LogP contribution in [0.3, 0.4) is 0 Å². The predicted octanol–water partition coefficient (Wildman–Crippen LogP) is 7.74. The van der Waals surface area contributed by atoms with Gasteiger partial charge in [0.15, 0.2) is 0 Å². The first-order valence-electron chi connectivity index (χ1n) is 14.3. The van der Waals surface area contributed by atoms with Gasteiger partial charge >= 0.3 is 0 Å². The summed E-state index contributed by atoms with van der Waals surface area (Å²) in [6.45, 7) is 7.77. The van der Waals surface area contributed by atoms with Gasteiger partial charge in [-0.25, -0.2) is 0 Å². The highest BCUT2D eigenvalue weighted by Crippen LogP contribution is 2.40. The Morgan fingerprint density at radius 1 is 0.763 bits per heavy atom. The second kappa shape index (κ2) is 12.3. The van der Waals surface area contributed by atoms with Gasteiger partial charge in [-0.1, -0.05) is 54.6 Å². The van der Waals surface area contributed by atoms with Crippen LogP contribution in [0.4, 0.5) is 0 Å². The number of hydrogen-bond acceptors (Lipinski definition) is 4. The molecule has 4 heteroatoms. The Balaban J connectivity index is 1.15. The summed E-state index contributed by atoms with van der Waals surface area (Å²) in [6, 6.07) is 26.7. The minimum Gasteiger partial charge on any atom is -0.492 e. The van der Waals surface area contributed by atoms with Crippen LogP contribution < -0.4 is 4.74 Å². The van der Waals surface area contributed by atoms with Gasteiger partial charge in [0.2, 0.25) is 0 Å². The van der Waals surface area contributed by atoms with Crippen molar-refractivity contribution < 1.29 is 4.74 Å². The first-order valence-corrected chi connectivity index (χ1v) is 15.1. The third-order valence-corrected chi connectivity index (χ3v) is 9.19. The van der Waals surface area contributed by atoms with Crippen molar-refractivity contribution in [3.8, 4) is 16.2 Å². The zero-order valence-corrected chi connectivity index (χ0v) is 23.1. The largest absolute Gasteiger partial charge is 0.492 e. The van der Waals surface area contributed by atoms with Gasteiger partial charge in [-0.05, 0) is 116 Å². The summed E-state index contributed by atoms with van der Waals surface area (Å²) in [5.74, 6) is 0.962. The highest BCUT2D eigenvalue weighted by Gasteiger charge is 2.15. The van der Waals surface area contributed by atoms with E-state index in [2.05, 4.69) is 94.7 Å². The lowest BCUT2D eigenvalue weighted by Gasteiger charge is -2.15. The Morgan fingerprint density at radius 3 is 2.24 bits per heavy atom. The van der Waals surface area contributed by atoms with Crippen LogP contribution in [0.1, 0.15) is 42.4 Å². The van der Waals surface area contributed by atoms with Crippen molar-refractivity contribution in [1.82, 2.24) is 9.80 Å². The number of thiophene rings is 1. The smallest absolute Gasteiger partial charge is 0.119 e. The fourth-order valence-corrected chi connectivity index (χ4v) is 6.99. The maximum Gasteiger partial charge on any atom is 0.119 e. The van der Waals surface area contributed by atoms with Crippen molar-refractivity contribution in [2.75, 3.05) is 45.9 Å². The first kappa shape index (κ1) is 25.4. The molecule has 4 aromatic rings. The summed E-state index contributed by atoms with van der Waals surface area (Å²) in [7, 11) is 0. The molecule has 3 nitrogen and oxygen atoms in total. The van der Waals surface area contributed by atoms with E-state index >= 15 is 0 Å². The molecule has 2 saturated heterocycles. The van der Waals surface area contributed by atoms with Crippen LogP contribution >= 0.6 is 11.3 Å². The van der Waals surface area contributed by atoms with Gasteiger partial charge < -0.3 is 4.74 Å². The molecule has 0 atom stereocenters. The highest BCUT2D eigenvalue weighted by atomic mass is 32.1. The SMILES string of the molecule is C(=C/c1ccc(Cc2c(-c3ccc(OCCN4CCCC4)cc3)sc3ccccc23)cc1)/CN1CCCC1. The zero-order chi connectivity index (χ0) is 25.6. The van der Waals surface area contributed by atoms with Crippen LogP contribution in [-0.4, -0.2) is 55.7 Å². The standard InChI is InChI=1S/C34H38N2OS/c1-2-10-33-31(9-1)32(26-28-13-11-27(12-14-28)8-7-23-35-19-3-4-20-35)34(38-33)29-15-17-30(18-16-29)37-25-24-36-21-5-6-22-36/h1-2,7-18H,3-6,19-26H2/b8-7-. The van der Waals surface area contributed by atoms with Crippen LogP contribution in [0.5, 0.6) is 5.75 Å². The maximum absolute atomic E-state index is 6.07. The molecule has 6 rings (SSSR count). The fourth-order valence-electron chi connectivity index (χ4n) is 5.76. The molecule has 196 valence electrons. The number of nitrogens with zero attached hydrogens (tertiary/aromatic N) is 2. The lowest BCUT2D eigenvalue weighted by molar-refractivity contribution is 0.238. The van der Waals surface area contributed by atoms with Crippen LogP contribution in [-0.2, 0) is 6.42 Å². The van der Waals surface area contributed by atoms with E-state index in [1.54, 1.807) is 0 Å². The van der Waals surface area contributed by atoms with Crippen LogP contribution in [0.25, 0.3) is 26.6 Å². The molecule has 0 aliphatic carbocycles. The van der Waals surface area contributed by atoms with Crippen LogP contribution in [0.2, 0.25) is 0 Å². The zero-order valence-electron chi connectivity index (χ0n) is 22.3. The normalized spacial score (nSPS) is 16.7. The van der Waals surface area contributed by atoms with Crippen molar-refractivity contribution in [1.29, 1.82) is 0 Å². The predicted molar refractivity (Wildman–Crippen MR) is 162 cm³/mol. The summed E-state index contributed by atoms with van der Waals surface area (Å²) < 4.78 is 7.42. The monoisotopic (exact) mass is 522 g/mol. The summed E-state index contributed by atoms with van der Waals surface area (Å²) >= 11 is 1.90. The summed E-state index contributed by atoms with van der Waals surface area (Å²) in [4.78, 5) is 6.39. The van der Waals surface area contributed by atoms with Crippen molar-refractivity contribution >= 4 is 27.5 Å². The Bertz CT molecular complexity index is 1340. The molecule has 0 radical (unpaired) electrons. The van der Waals surface area contributed by atoms with Crippen LogP contribution in [0, 0.1) is 0 Å². The van der Waals surface area contributed by atoms with Gasteiger partial charge in [0, 0.05) is 22.7 Å². The van der Waals surface area contributed by atoms with E-state index in [1.165, 1.54) is 89.1 Å². The van der Waals surface area contributed by atoms with Crippen molar-refractivity contribution in [2.24, 2.45) is 0 Å². The average molecular weight is 523 g/mol. The second-order valence-electron chi connectivity index (χ2n) is 10.7. The van der Waals surface area contributed by atoms with Gasteiger partial charge in [-0.2, -0.15) is 0 Å². The number of hydrogen-bond donors (Lipinski definition) is 0. The quantitative estimate of drug-likeness (QED) is 0.212. The first-order chi connectivity index (χ1) is 18.8. The van der Waals surface area contributed by atoms with E-state index in [1.807, 2.05) is 11.3 Å². The number of likely N-dealkylation sites (tertiary alicyclic amines) is 2. The topological polar surface area (TPSA) is 15.7 Å². The lowest BCUT2D eigenvalue weighted by Crippen LogP contribution is -2.25. The van der Waals surface area contributed by atoms with Crippen molar-refractivity contribution in [3.05, 3.63) is 95.6 Å². The number of fused-ring (bicyclic) bond motifs is 1.